The predicted molar refractivity (Wildman–Crippen MR) is 100 cm³/mol. The van der Waals surface area contributed by atoms with Crippen LogP contribution in [0.15, 0.2) is 54.6 Å². The van der Waals surface area contributed by atoms with E-state index in [1.54, 1.807) is 43.3 Å². The summed E-state index contributed by atoms with van der Waals surface area (Å²) in [5.41, 5.74) is 8.75. The highest BCUT2D eigenvalue weighted by atomic mass is 19.4. The van der Waals surface area contributed by atoms with Crippen molar-refractivity contribution in [1.82, 2.24) is 15.3 Å². The maximum atomic E-state index is 13.3. The molecule has 1 unspecified atom stereocenters. The van der Waals surface area contributed by atoms with Gasteiger partial charge in [-0.15, -0.1) is 0 Å². The van der Waals surface area contributed by atoms with Crippen LogP contribution in [-0.2, 0) is 12.7 Å². The number of carbonyl (C=O) groups is 1. The molecule has 0 radical (unpaired) electrons. The number of carbonyl (C=O) groups excluding carboxylic acids is 1. The van der Waals surface area contributed by atoms with Crippen LogP contribution < -0.4 is 11.2 Å². The summed E-state index contributed by atoms with van der Waals surface area (Å²) in [5, 5.41) is 12.5. The molecule has 0 spiro atoms. The average Bonchev–Trinajstić information content (AvgIpc) is 3.19. The lowest BCUT2D eigenvalue weighted by atomic mass is 10.0. The SMILES string of the molecule is CC(c1ccc(C(=O)NO)cc1)n1nc(C(F)(F)F)cc1-c1ccc(CN)cc1. The first-order valence-electron chi connectivity index (χ1n) is 8.75. The van der Waals surface area contributed by atoms with E-state index in [9.17, 15) is 18.0 Å². The van der Waals surface area contributed by atoms with Gasteiger partial charge in [-0.2, -0.15) is 18.3 Å². The maximum absolute atomic E-state index is 13.3. The number of alkyl halides is 3. The van der Waals surface area contributed by atoms with E-state index in [1.165, 1.54) is 22.3 Å². The van der Waals surface area contributed by atoms with Crippen LogP contribution in [0.2, 0.25) is 0 Å². The van der Waals surface area contributed by atoms with Gasteiger partial charge in [0.2, 0.25) is 0 Å². The number of amides is 1. The van der Waals surface area contributed by atoms with Gasteiger partial charge in [-0.05, 0) is 41.8 Å². The third-order valence-electron chi connectivity index (χ3n) is 4.64. The summed E-state index contributed by atoms with van der Waals surface area (Å²) in [6, 6.07) is 13.6. The quantitative estimate of drug-likeness (QED) is 0.446. The summed E-state index contributed by atoms with van der Waals surface area (Å²) in [5.74, 6) is -0.677. The second-order valence-electron chi connectivity index (χ2n) is 6.50. The largest absolute Gasteiger partial charge is 0.435 e. The van der Waals surface area contributed by atoms with Crippen molar-refractivity contribution in [3.8, 4) is 11.3 Å². The van der Waals surface area contributed by atoms with Gasteiger partial charge >= 0.3 is 6.18 Å². The first kappa shape index (κ1) is 20.6. The second-order valence-corrected chi connectivity index (χ2v) is 6.50. The molecule has 29 heavy (non-hydrogen) atoms. The Kier molecular flexibility index (Phi) is 5.71. The van der Waals surface area contributed by atoms with Gasteiger partial charge in [0.05, 0.1) is 11.7 Å². The van der Waals surface area contributed by atoms with Crippen LogP contribution in [-0.4, -0.2) is 20.9 Å². The number of nitrogens with zero attached hydrogens (tertiary/aromatic N) is 2. The number of nitrogens with two attached hydrogens (primary N) is 1. The van der Waals surface area contributed by atoms with Crippen LogP contribution in [0.5, 0.6) is 0 Å². The molecule has 0 aliphatic carbocycles. The van der Waals surface area contributed by atoms with Gasteiger partial charge in [0.1, 0.15) is 0 Å². The summed E-state index contributed by atoms with van der Waals surface area (Å²) >= 11 is 0. The fourth-order valence-electron chi connectivity index (χ4n) is 2.97. The average molecular weight is 404 g/mol. The zero-order valence-corrected chi connectivity index (χ0v) is 15.4. The summed E-state index contributed by atoms with van der Waals surface area (Å²) in [6.07, 6.45) is -4.58. The summed E-state index contributed by atoms with van der Waals surface area (Å²) < 4.78 is 41.2. The highest BCUT2D eigenvalue weighted by Crippen LogP contribution is 2.34. The first-order chi connectivity index (χ1) is 13.7. The topological polar surface area (TPSA) is 93.2 Å². The van der Waals surface area contributed by atoms with Crippen LogP contribution in [0.25, 0.3) is 11.3 Å². The van der Waals surface area contributed by atoms with E-state index in [0.717, 1.165) is 11.6 Å². The zero-order valence-electron chi connectivity index (χ0n) is 15.4. The minimum Gasteiger partial charge on any atom is -0.326 e. The number of hydroxylamine groups is 1. The van der Waals surface area contributed by atoms with Gasteiger partial charge in [0.15, 0.2) is 5.69 Å². The van der Waals surface area contributed by atoms with E-state index >= 15 is 0 Å². The van der Waals surface area contributed by atoms with Crippen LogP contribution in [0.4, 0.5) is 13.2 Å². The lowest BCUT2D eigenvalue weighted by Gasteiger charge is -2.17. The van der Waals surface area contributed by atoms with E-state index in [0.29, 0.717) is 23.4 Å². The number of hydrogen-bond donors (Lipinski definition) is 3. The minimum absolute atomic E-state index is 0.220. The van der Waals surface area contributed by atoms with Crippen LogP contribution in [0.3, 0.4) is 0 Å². The van der Waals surface area contributed by atoms with Crippen LogP contribution in [0, 0.1) is 0 Å². The van der Waals surface area contributed by atoms with Gasteiger partial charge in [0, 0.05) is 12.1 Å². The normalized spacial score (nSPS) is 12.6. The molecule has 1 heterocycles. The fourth-order valence-corrected chi connectivity index (χ4v) is 2.97. The predicted octanol–water partition coefficient (Wildman–Crippen LogP) is 3.76. The lowest BCUT2D eigenvalue weighted by molar-refractivity contribution is -0.141. The highest BCUT2D eigenvalue weighted by molar-refractivity contribution is 5.93. The molecule has 9 heteroatoms. The first-order valence-corrected chi connectivity index (χ1v) is 8.75. The number of hydrogen-bond acceptors (Lipinski definition) is 4. The highest BCUT2D eigenvalue weighted by Gasteiger charge is 2.35. The smallest absolute Gasteiger partial charge is 0.326 e. The Bertz CT molecular complexity index is 996. The molecule has 0 saturated carbocycles. The monoisotopic (exact) mass is 404 g/mol. The molecule has 0 aliphatic heterocycles. The molecule has 152 valence electrons. The Labute approximate surface area is 164 Å². The standard InChI is InChI=1S/C20H19F3N4O2/c1-12(14-6-8-16(9-7-14)19(28)26-29)27-17(10-18(25-27)20(21,22)23)15-4-2-13(11-24)3-5-15/h2-10,12,29H,11,24H2,1H3,(H,26,28). The molecule has 2 aromatic carbocycles. The van der Waals surface area contributed by atoms with Gasteiger partial charge in [-0.25, -0.2) is 5.48 Å². The van der Waals surface area contributed by atoms with Crippen molar-refractivity contribution < 1.29 is 23.2 Å². The molecular formula is C20H19F3N4O2. The minimum atomic E-state index is -4.58. The number of aromatic nitrogens is 2. The van der Waals surface area contributed by atoms with Crippen molar-refractivity contribution in [2.75, 3.05) is 0 Å². The van der Waals surface area contributed by atoms with Gasteiger partial charge < -0.3 is 5.73 Å². The Morgan fingerprint density at radius 3 is 2.31 bits per heavy atom. The zero-order chi connectivity index (χ0) is 21.2. The molecule has 0 bridgehead atoms. The van der Waals surface area contributed by atoms with E-state index in [2.05, 4.69) is 5.10 Å². The maximum Gasteiger partial charge on any atom is 0.435 e. The number of benzene rings is 2. The van der Waals surface area contributed by atoms with Crippen molar-refractivity contribution in [2.45, 2.75) is 25.7 Å². The third-order valence-corrected chi connectivity index (χ3v) is 4.64. The summed E-state index contributed by atoms with van der Waals surface area (Å²) in [6.45, 7) is 2.05. The van der Waals surface area contributed by atoms with Gasteiger partial charge in [-0.1, -0.05) is 36.4 Å². The number of nitrogens with one attached hydrogen (secondary N) is 1. The van der Waals surface area contributed by atoms with Gasteiger partial charge in [0.25, 0.3) is 5.91 Å². The van der Waals surface area contributed by atoms with Crippen molar-refractivity contribution in [1.29, 1.82) is 0 Å². The molecular weight excluding hydrogens is 385 g/mol. The summed E-state index contributed by atoms with van der Waals surface area (Å²) in [4.78, 5) is 11.5. The molecule has 3 aromatic rings. The Morgan fingerprint density at radius 2 is 1.79 bits per heavy atom. The van der Waals surface area contributed by atoms with Crippen molar-refractivity contribution >= 4 is 5.91 Å². The van der Waals surface area contributed by atoms with Crippen LogP contribution >= 0.6 is 0 Å². The molecule has 3 rings (SSSR count). The van der Waals surface area contributed by atoms with Crippen molar-refractivity contribution in [2.24, 2.45) is 5.73 Å². The van der Waals surface area contributed by atoms with Crippen molar-refractivity contribution in [3.05, 3.63) is 77.0 Å². The van der Waals surface area contributed by atoms with Gasteiger partial charge in [-0.3, -0.25) is 14.7 Å². The lowest BCUT2D eigenvalue weighted by Crippen LogP contribution is -2.18. The second kappa shape index (κ2) is 8.06. The van der Waals surface area contributed by atoms with Crippen molar-refractivity contribution in [3.63, 3.8) is 0 Å². The number of halogens is 3. The number of rotatable bonds is 5. The molecule has 0 fully saturated rings. The molecule has 1 atom stereocenters. The Morgan fingerprint density at radius 1 is 1.17 bits per heavy atom. The fraction of sp³-hybridized carbons (Fsp3) is 0.200. The van der Waals surface area contributed by atoms with E-state index in [4.69, 9.17) is 10.9 Å². The van der Waals surface area contributed by atoms with E-state index in [-0.39, 0.29) is 5.56 Å². The van der Waals surface area contributed by atoms with Crippen LogP contribution in [0.1, 0.15) is 40.1 Å². The Balaban J connectivity index is 2.04. The molecule has 1 aromatic heterocycles. The molecule has 6 nitrogen and oxygen atoms in total. The molecule has 4 N–H and O–H groups in total. The van der Waals surface area contributed by atoms with E-state index in [1.807, 2.05) is 0 Å². The Hall–Kier alpha value is -3.17. The molecule has 1 amide bonds. The summed E-state index contributed by atoms with van der Waals surface area (Å²) in [7, 11) is 0. The van der Waals surface area contributed by atoms with E-state index < -0.39 is 23.8 Å². The molecule has 0 saturated heterocycles. The molecule has 0 aliphatic rings. The third kappa shape index (κ3) is 4.30.